The Morgan fingerprint density at radius 1 is 1.62 bits per heavy atom. The first kappa shape index (κ1) is 8.88. The molecule has 0 bridgehead atoms. The van der Waals surface area contributed by atoms with Gasteiger partial charge in [-0.1, -0.05) is 4.70 Å². The van der Waals surface area contributed by atoms with Gasteiger partial charge in [0.25, 0.3) is 0 Å². The van der Waals surface area contributed by atoms with Gasteiger partial charge in [-0.3, -0.25) is 4.90 Å². The number of nitrogens with zero attached hydrogens (tertiary/aromatic N) is 3. The molecule has 2 aliphatic rings. The van der Waals surface area contributed by atoms with E-state index < -0.39 is 0 Å². The standard InChI is InChI=1S/C10H18N3/c1-8(2)12-4-5-13-10(7-12)6-9(3)11-13/h6,8-9H,4-5,7H2,1-3H3/q+1. The van der Waals surface area contributed by atoms with Gasteiger partial charge in [0.15, 0.2) is 6.54 Å². The van der Waals surface area contributed by atoms with Crippen LogP contribution in [0.25, 0.3) is 0 Å². The zero-order valence-electron chi connectivity index (χ0n) is 8.70. The quantitative estimate of drug-likeness (QED) is 0.559. The first-order valence-electron chi connectivity index (χ1n) is 5.10. The minimum atomic E-state index is 0.391. The van der Waals surface area contributed by atoms with Gasteiger partial charge in [0.05, 0.1) is 13.1 Å². The molecular formula is C10H18N3+. The molecule has 0 aliphatic carbocycles. The van der Waals surface area contributed by atoms with E-state index in [0.717, 1.165) is 19.6 Å². The lowest BCUT2D eigenvalue weighted by molar-refractivity contribution is -0.554. The molecule has 3 heteroatoms. The van der Waals surface area contributed by atoms with E-state index in [9.17, 15) is 0 Å². The molecule has 0 aromatic heterocycles. The molecule has 0 saturated carbocycles. The lowest BCUT2D eigenvalue weighted by Gasteiger charge is -2.27. The van der Waals surface area contributed by atoms with Gasteiger partial charge < -0.3 is 0 Å². The summed E-state index contributed by atoms with van der Waals surface area (Å²) in [5.74, 6) is 0. The van der Waals surface area contributed by atoms with Crippen LogP contribution in [0.2, 0.25) is 0 Å². The fourth-order valence-electron chi connectivity index (χ4n) is 1.98. The van der Waals surface area contributed by atoms with Crippen LogP contribution in [0.15, 0.2) is 16.9 Å². The summed E-state index contributed by atoms with van der Waals surface area (Å²) in [5.41, 5.74) is 1.40. The zero-order chi connectivity index (χ0) is 9.42. The number of hydrogen-bond acceptors (Lipinski definition) is 2. The SMILES string of the molecule is CC1C=C2CN(C(C)C)CC[N+]2=N1. The van der Waals surface area contributed by atoms with Crippen molar-refractivity contribution in [2.75, 3.05) is 19.6 Å². The average molecular weight is 180 g/mol. The highest BCUT2D eigenvalue weighted by molar-refractivity contribution is 5.04. The molecule has 13 heavy (non-hydrogen) atoms. The summed E-state index contributed by atoms with van der Waals surface area (Å²) >= 11 is 0. The molecule has 0 N–H and O–H groups in total. The Morgan fingerprint density at radius 2 is 2.38 bits per heavy atom. The van der Waals surface area contributed by atoms with Crippen LogP contribution in [-0.4, -0.2) is 41.3 Å². The molecule has 1 atom stereocenters. The lowest BCUT2D eigenvalue weighted by atomic mass is 10.2. The molecule has 0 aromatic carbocycles. The maximum absolute atomic E-state index is 4.52. The van der Waals surface area contributed by atoms with Crippen molar-refractivity contribution < 1.29 is 4.70 Å². The van der Waals surface area contributed by atoms with Gasteiger partial charge in [0, 0.05) is 12.1 Å². The maximum atomic E-state index is 4.52. The van der Waals surface area contributed by atoms with Crippen LogP contribution in [0.3, 0.4) is 0 Å². The fourth-order valence-corrected chi connectivity index (χ4v) is 1.98. The molecule has 1 unspecified atom stereocenters. The summed E-state index contributed by atoms with van der Waals surface area (Å²) in [4.78, 5) is 2.50. The van der Waals surface area contributed by atoms with Gasteiger partial charge in [-0.15, -0.1) is 0 Å². The van der Waals surface area contributed by atoms with Gasteiger partial charge in [0.1, 0.15) is 6.04 Å². The third-order valence-corrected chi connectivity index (χ3v) is 2.78. The fraction of sp³-hybridized carbons (Fsp3) is 0.800. The van der Waals surface area contributed by atoms with Crippen LogP contribution < -0.4 is 0 Å². The molecule has 0 amide bonds. The van der Waals surface area contributed by atoms with Crippen LogP contribution in [0.4, 0.5) is 0 Å². The van der Waals surface area contributed by atoms with E-state index in [1.807, 2.05) is 0 Å². The lowest BCUT2D eigenvalue weighted by Crippen LogP contribution is -2.42. The summed E-state index contributed by atoms with van der Waals surface area (Å²) in [6.07, 6.45) is 2.27. The second kappa shape index (κ2) is 3.22. The largest absolute Gasteiger partial charge is 0.285 e. The minimum absolute atomic E-state index is 0.391. The second-order valence-electron chi connectivity index (χ2n) is 4.20. The normalized spacial score (nSPS) is 28.8. The van der Waals surface area contributed by atoms with Crippen molar-refractivity contribution in [2.45, 2.75) is 32.9 Å². The van der Waals surface area contributed by atoms with E-state index in [0.29, 0.717) is 12.1 Å². The van der Waals surface area contributed by atoms with Crippen LogP contribution >= 0.6 is 0 Å². The Balaban J connectivity index is 2.10. The molecular weight excluding hydrogens is 162 g/mol. The third-order valence-electron chi connectivity index (χ3n) is 2.78. The number of azo groups is 2. The Labute approximate surface area is 79.7 Å². The summed E-state index contributed by atoms with van der Waals surface area (Å²) in [7, 11) is 0. The highest BCUT2D eigenvalue weighted by Gasteiger charge is 2.32. The molecule has 0 spiro atoms. The third kappa shape index (κ3) is 1.66. The van der Waals surface area contributed by atoms with Gasteiger partial charge in [0.2, 0.25) is 5.70 Å². The van der Waals surface area contributed by atoms with E-state index in [1.165, 1.54) is 5.70 Å². The van der Waals surface area contributed by atoms with Gasteiger partial charge in [-0.2, -0.15) is 0 Å². The second-order valence-corrected chi connectivity index (χ2v) is 4.20. The molecule has 1 saturated heterocycles. The number of piperazine rings is 1. The average Bonchev–Trinajstić information content (AvgIpc) is 2.42. The number of fused-ring (bicyclic) bond motifs is 1. The maximum Gasteiger partial charge on any atom is 0.220 e. The first-order chi connectivity index (χ1) is 6.16. The predicted octanol–water partition coefficient (Wildman–Crippen LogP) is 1.46. The number of rotatable bonds is 1. The van der Waals surface area contributed by atoms with Crippen LogP contribution in [0, 0.1) is 0 Å². The summed E-state index contributed by atoms with van der Waals surface area (Å²) in [6.45, 7) is 9.94. The summed E-state index contributed by atoms with van der Waals surface area (Å²) < 4.78 is 2.17. The Bertz CT molecular complexity index is 265. The Morgan fingerprint density at radius 3 is 3.08 bits per heavy atom. The van der Waals surface area contributed by atoms with Crippen LogP contribution in [-0.2, 0) is 0 Å². The predicted molar refractivity (Wildman–Crippen MR) is 51.8 cm³/mol. The molecule has 2 aliphatic heterocycles. The van der Waals surface area contributed by atoms with Crippen LogP contribution in [0.1, 0.15) is 20.8 Å². The minimum Gasteiger partial charge on any atom is -0.285 e. The van der Waals surface area contributed by atoms with Crippen molar-refractivity contribution in [3.8, 4) is 0 Å². The Kier molecular flexibility index (Phi) is 2.20. The smallest absolute Gasteiger partial charge is 0.220 e. The first-order valence-corrected chi connectivity index (χ1v) is 5.10. The Hall–Kier alpha value is -0.700. The molecule has 2 heterocycles. The van der Waals surface area contributed by atoms with Crippen molar-refractivity contribution in [2.24, 2.45) is 5.11 Å². The molecule has 3 nitrogen and oxygen atoms in total. The van der Waals surface area contributed by atoms with E-state index in [-0.39, 0.29) is 0 Å². The van der Waals surface area contributed by atoms with Crippen LogP contribution in [0.5, 0.6) is 0 Å². The van der Waals surface area contributed by atoms with Crippen molar-refractivity contribution in [1.29, 1.82) is 0 Å². The van der Waals surface area contributed by atoms with Gasteiger partial charge in [-0.25, -0.2) is 0 Å². The van der Waals surface area contributed by atoms with Crippen molar-refractivity contribution in [1.82, 2.24) is 4.90 Å². The summed E-state index contributed by atoms with van der Waals surface area (Å²) in [6, 6.07) is 1.04. The highest BCUT2D eigenvalue weighted by atomic mass is 15.4. The van der Waals surface area contributed by atoms with Crippen molar-refractivity contribution in [3.05, 3.63) is 11.8 Å². The number of hydrogen-bond donors (Lipinski definition) is 0. The molecule has 72 valence electrons. The zero-order valence-corrected chi connectivity index (χ0v) is 8.70. The molecule has 0 radical (unpaired) electrons. The molecule has 0 aromatic rings. The van der Waals surface area contributed by atoms with Gasteiger partial charge in [-0.05, 0) is 25.9 Å². The highest BCUT2D eigenvalue weighted by Crippen LogP contribution is 2.18. The monoisotopic (exact) mass is 180 g/mol. The van der Waals surface area contributed by atoms with Crippen molar-refractivity contribution >= 4 is 0 Å². The van der Waals surface area contributed by atoms with E-state index in [2.05, 4.69) is 41.6 Å². The van der Waals surface area contributed by atoms with Crippen molar-refractivity contribution in [3.63, 3.8) is 0 Å². The topological polar surface area (TPSA) is 18.6 Å². The molecule has 2 rings (SSSR count). The van der Waals surface area contributed by atoms with E-state index in [4.69, 9.17) is 0 Å². The van der Waals surface area contributed by atoms with Gasteiger partial charge >= 0.3 is 0 Å². The summed E-state index contributed by atoms with van der Waals surface area (Å²) in [5, 5.41) is 4.52. The van der Waals surface area contributed by atoms with E-state index >= 15 is 0 Å². The molecule has 1 fully saturated rings. The van der Waals surface area contributed by atoms with E-state index in [1.54, 1.807) is 0 Å².